The predicted octanol–water partition coefficient (Wildman–Crippen LogP) is 5.00. The van der Waals surface area contributed by atoms with Crippen LogP contribution in [0.3, 0.4) is 0 Å². The maximum absolute atomic E-state index is 13.9. The SMILES string of the molecule is Cc1ccc(CN(C(=O)CN(c2ccc(C)cc2)S(=O)(=O)c2ccc(C)cc2)[C@H](C)C(=O)NCC(C)C)cc1. The average Bonchev–Trinajstić information content (AvgIpc) is 2.90. The van der Waals surface area contributed by atoms with E-state index in [1.54, 1.807) is 43.3 Å². The third kappa shape index (κ3) is 7.93. The van der Waals surface area contributed by atoms with Crippen molar-refractivity contribution in [1.29, 1.82) is 0 Å². The van der Waals surface area contributed by atoms with Crippen LogP contribution in [0.4, 0.5) is 5.69 Å². The third-order valence-corrected chi connectivity index (χ3v) is 8.32. The van der Waals surface area contributed by atoms with Crippen LogP contribution in [0, 0.1) is 26.7 Å². The van der Waals surface area contributed by atoms with Gasteiger partial charge >= 0.3 is 0 Å². The van der Waals surface area contributed by atoms with E-state index in [1.165, 1.54) is 4.90 Å². The molecule has 0 aliphatic heterocycles. The molecule has 0 spiro atoms. The number of nitrogens with zero attached hydrogens (tertiary/aromatic N) is 2. The van der Waals surface area contributed by atoms with Crippen molar-refractivity contribution in [2.75, 3.05) is 17.4 Å². The molecule has 3 aromatic rings. The molecule has 0 bridgehead atoms. The highest BCUT2D eigenvalue weighted by Gasteiger charge is 2.32. The van der Waals surface area contributed by atoms with E-state index in [0.29, 0.717) is 12.2 Å². The number of anilines is 1. The molecule has 208 valence electrons. The Hall–Kier alpha value is -3.65. The number of aryl methyl sites for hydroxylation is 3. The zero-order valence-corrected chi connectivity index (χ0v) is 24.5. The minimum atomic E-state index is -4.07. The van der Waals surface area contributed by atoms with E-state index in [2.05, 4.69) is 5.32 Å². The molecule has 0 saturated heterocycles. The lowest BCUT2D eigenvalue weighted by atomic mass is 10.1. The molecule has 0 unspecified atom stereocenters. The van der Waals surface area contributed by atoms with Crippen LogP contribution in [-0.2, 0) is 26.2 Å². The number of rotatable bonds is 11. The van der Waals surface area contributed by atoms with Gasteiger partial charge in [0.1, 0.15) is 12.6 Å². The molecule has 0 saturated carbocycles. The monoisotopic (exact) mass is 549 g/mol. The van der Waals surface area contributed by atoms with Gasteiger partial charge in [-0.05, 0) is 63.4 Å². The van der Waals surface area contributed by atoms with Crippen LogP contribution in [0.15, 0.2) is 77.7 Å². The Morgan fingerprint density at radius 3 is 1.77 bits per heavy atom. The minimum Gasteiger partial charge on any atom is -0.354 e. The maximum Gasteiger partial charge on any atom is 0.264 e. The van der Waals surface area contributed by atoms with Crippen LogP contribution in [0.1, 0.15) is 43.0 Å². The van der Waals surface area contributed by atoms with E-state index >= 15 is 0 Å². The van der Waals surface area contributed by atoms with E-state index in [9.17, 15) is 18.0 Å². The first-order valence-electron chi connectivity index (χ1n) is 13.2. The summed E-state index contributed by atoms with van der Waals surface area (Å²) in [6.07, 6.45) is 0. The Morgan fingerprint density at radius 1 is 0.769 bits per heavy atom. The second-order valence-corrected chi connectivity index (χ2v) is 12.3. The number of carbonyl (C=O) groups is 2. The molecule has 0 aromatic heterocycles. The number of sulfonamides is 1. The molecule has 3 rings (SSSR count). The molecule has 1 atom stereocenters. The van der Waals surface area contributed by atoms with Crippen molar-refractivity contribution in [3.05, 3.63) is 95.1 Å². The van der Waals surface area contributed by atoms with Gasteiger partial charge in [0.05, 0.1) is 10.6 Å². The van der Waals surface area contributed by atoms with Gasteiger partial charge in [-0.2, -0.15) is 0 Å². The van der Waals surface area contributed by atoms with Crippen LogP contribution in [0.2, 0.25) is 0 Å². The first-order chi connectivity index (χ1) is 18.4. The van der Waals surface area contributed by atoms with Crippen LogP contribution < -0.4 is 9.62 Å². The Morgan fingerprint density at radius 2 is 1.26 bits per heavy atom. The fourth-order valence-electron chi connectivity index (χ4n) is 4.00. The van der Waals surface area contributed by atoms with E-state index in [4.69, 9.17) is 0 Å². The quantitative estimate of drug-likeness (QED) is 0.365. The molecule has 2 amide bonds. The number of hydrogen-bond donors (Lipinski definition) is 1. The number of carbonyl (C=O) groups excluding carboxylic acids is 2. The fourth-order valence-corrected chi connectivity index (χ4v) is 5.42. The van der Waals surface area contributed by atoms with Gasteiger partial charge < -0.3 is 10.2 Å². The van der Waals surface area contributed by atoms with Gasteiger partial charge in [0.15, 0.2) is 0 Å². The van der Waals surface area contributed by atoms with Crippen LogP contribution in [-0.4, -0.2) is 44.3 Å². The molecule has 0 aliphatic rings. The Balaban J connectivity index is 2.00. The predicted molar refractivity (Wildman–Crippen MR) is 156 cm³/mol. The molecule has 39 heavy (non-hydrogen) atoms. The highest BCUT2D eigenvalue weighted by Crippen LogP contribution is 2.25. The van der Waals surface area contributed by atoms with Crippen molar-refractivity contribution in [2.45, 2.75) is 59.0 Å². The summed E-state index contributed by atoms with van der Waals surface area (Å²) >= 11 is 0. The van der Waals surface area contributed by atoms with Gasteiger partial charge in [-0.3, -0.25) is 13.9 Å². The van der Waals surface area contributed by atoms with E-state index in [0.717, 1.165) is 26.6 Å². The normalized spacial score (nSPS) is 12.2. The molecule has 0 heterocycles. The van der Waals surface area contributed by atoms with Gasteiger partial charge in [-0.15, -0.1) is 0 Å². The van der Waals surface area contributed by atoms with Gasteiger partial charge in [0, 0.05) is 13.1 Å². The van der Waals surface area contributed by atoms with Crippen molar-refractivity contribution in [3.63, 3.8) is 0 Å². The molecule has 0 aliphatic carbocycles. The van der Waals surface area contributed by atoms with Crippen LogP contribution in [0.25, 0.3) is 0 Å². The Labute approximate surface area is 232 Å². The summed E-state index contributed by atoms with van der Waals surface area (Å²) in [5.74, 6) is -0.509. The summed E-state index contributed by atoms with van der Waals surface area (Å²) in [6, 6.07) is 20.5. The van der Waals surface area contributed by atoms with Crippen LogP contribution >= 0.6 is 0 Å². The zero-order chi connectivity index (χ0) is 28.7. The summed E-state index contributed by atoms with van der Waals surface area (Å²) in [6.45, 7) is 11.6. The summed E-state index contributed by atoms with van der Waals surface area (Å²) in [5, 5.41) is 2.90. The fraction of sp³-hybridized carbons (Fsp3) is 0.355. The molecule has 7 nitrogen and oxygen atoms in total. The number of hydrogen-bond acceptors (Lipinski definition) is 4. The lowest BCUT2D eigenvalue weighted by molar-refractivity contribution is -0.139. The lowest BCUT2D eigenvalue weighted by Crippen LogP contribution is -2.51. The lowest BCUT2D eigenvalue weighted by Gasteiger charge is -2.32. The Bertz CT molecular complexity index is 1370. The van der Waals surface area contributed by atoms with E-state index < -0.39 is 28.5 Å². The van der Waals surface area contributed by atoms with E-state index in [1.807, 2.05) is 71.0 Å². The smallest absolute Gasteiger partial charge is 0.264 e. The second-order valence-electron chi connectivity index (χ2n) is 10.5. The van der Waals surface area contributed by atoms with Gasteiger partial charge in [-0.25, -0.2) is 8.42 Å². The molecular formula is C31H39N3O4S. The van der Waals surface area contributed by atoms with Crippen molar-refractivity contribution >= 4 is 27.5 Å². The first-order valence-corrected chi connectivity index (χ1v) is 14.6. The summed E-state index contributed by atoms with van der Waals surface area (Å²) in [7, 11) is -4.07. The number of amides is 2. The minimum absolute atomic E-state index is 0.0919. The summed E-state index contributed by atoms with van der Waals surface area (Å²) in [4.78, 5) is 28.5. The van der Waals surface area contributed by atoms with Crippen molar-refractivity contribution in [3.8, 4) is 0 Å². The average molecular weight is 550 g/mol. The molecule has 8 heteroatoms. The van der Waals surface area contributed by atoms with Crippen molar-refractivity contribution < 1.29 is 18.0 Å². The third-order valence-electron chi connectivity index (χ3n) is 6.54. The van der Waals surface area contributed by atoms with Gasteiger partial charge in [0.25, 0.3) is 10.0 Å². The largest absolute Gasteiger partial charge is 0.354 e. The first kappa shape index (κ1) is 29.9. The number of nitrogens with one attached hydrogen (secondary N) is 1. The molecule has 0 fully saturated rings. The number of benzene rings is 3. The van der Waals surface area contributed by atoms with Crippen molar-refractivity contribution in [1.82, 2.24) is 10.2 Å². The van der Waals surface area contributed by atoms with Crippen molar-refractivity contribution in [2.24, 2.45) is 5.92 Å². The topological polar surface area (TPSA) is 86.8 Å². The Kier molecular flexibility index (Phi) is 9.92. The van der Waals surface area contributed by atoms with Gasteiger partial charge in [-0.1, -0.05) is 79.1 Å². The molecule has 3 aromatic carbocycles. The van der Waals surface area contributed by atoms with Crippen LogP contribution in [0.5, 0.6) is 0 Å². The second kappa shape index (κ2) is 12.9. The maximum atomic E-state index is 13.9. The zero-order valence-electron chi connectivity index (χ0n) is 23.6. The highest BCUT2D eigenvalue weighted by molar-refractivity contribution is 7.92. The van der Waals surface area contributed by atoms with Gasteiger partial charge in [0.2, 0.25) is 11.8 Å². The molecule has 0 radical (unpaired) electrons. The summed E-state index contributed by atoms with van der Waals surface area (Å²) < 4.78 is 28.8. The summed E-state index contributed by atoms with van der Waals surface area (Å²) in [5.41, 5.74) is 4.20. The molecule has 1 N–H and O–H groups in total. The highest BCUT2D eigenvalue weighted by atomic mass is 32.2. The molecular weight excluding hydrogens is 510 g/mol. The standard InChI is InChI=1S/C31H39N3O4S/c1-22(2)19-32-31(36)26(6)33(20-27-13-7-23(3)8-14-27)30(35)21-34(28-15-9-24(4)10-16-28)39(37,38)29-17-11-25(5)12-18-29/h7-18,22,26H,19-21H2,1-6H3,(H,32,36)/t26-/m1/s1. The van der Waals surface area contributed by atoms with E-state index in [-0.39, 0.29) is 23.3 Å².